The van der Waals surface area contributed by atoms with Crippen LogP contribution in [0.2, 0.25) is 0 Å². The minimum atomic E-state index is 1.16. The number of nitrogens with zero attached hydrogens (tertiary/aromatic N) is 2. The summed E-state index contributed by atoms with van der Waals surface area (Å²) in [6.07, 6.45) is 8.04. The van der Waals surface area contributed by atoms with Crippen molar-refractivity contribution in [2.45, 2.75) is 0 Å². The van der Waals surface area contributed by atoms with Crippen molar-refractivity contribution in [1.29, 1.82) is 0 Å². The Kier molecular flexibility index (Phi) is 2.02. The van der Waals surface area contributed by atoms with Crippen molar-refractivity contribution in [3.05, 3.63) is 63.4 Å². The van der Waals surface area contributed by atoms with E-state index in [9.17, 15) is 0 Å². The highest BCUT2D eigenvalue weighted by molar-refractivity contribution is 7.08. The van der Waals surface area contributed by atoms with Crippen LogP contribution in [-0.4, -0.2) is 6.21 Å². The fraction of sp³-hybridized carbons (Fsp3) is 0. The Bertz CT molecular complexity index is 796. The summed E-state index contributed by atoms with van der Waals surface area (Å²) in [7, 11) is 0. The van der Waals surface area contributed by atoms with Crippen LogP contribution in [0.4, 0.5) is 5.69 Å². The van der Waals surface area contributed by atoms with Crippen LogP contribution in [0.5, 0.6) is 0 Å². The molecule has 0 fully saturated rings. The van der Waals surface area contributed by atoms with E-state index in [1.165, 1.54) is 21.0 Å². The number of thiophene rings is 1. The fourth-order valence-corrected chi connectivity index (χ4v) is 3.26. The summed E-state index contributed by atoms with van der Waals surface area (Å²) < 4.78 is 1.28. The Morgan fingerprint density at radius 2 is 2.06 bits per heavy atom. The molecular weight excluding hydrogens is 240 g/mol. The third-order valence-electron chi connectivity index (χ3n) is 3.19. The van der Waals surface area contributed by atoms with Gasteiger partial charge in [-0.05, 0) is 34.4 Å². The monoisotopic (exact) mass is 250 g/mol. The van der Waals surface area contributed by atoms with E-state index in [-0.39, 0.29) is 0 Å². The molecule has 86 valence electrons. The van der Waals surface area contributed by atoms with Crippen LogP contribution in [0, 0.1) is 0 Å². The summed E-state index contributed by atoms with van der Waals surface area (Å²) in [4.78, 5) is 6.47. The van der Waals surface area contributed by atoms with Crippen LogP contribution >= 0.6 is 11.3 Å². The molecule has 0 amide bonds. The molecule has 0 bridgehead atoms. The van der Waals surface area contributed by atoms with Gasteiger partial charge in [-0.3, -0.25) is 4.99 Å². The lowest BCUT2D eigenvalue weighted by Crippen LogP contribution is -2.28. The number of fused-ring (bicyclic) bond motifs is 4. The van der Waals surface area contributed by atoms with Crippen molar-refractivity contribution in [1.82, 2.24) is 0 Å². The standard InChI is InChI=1S/C15H10N2S/c1-2-4-13-11(3-1)9-12-5-8-18-15(12)14-10-16-6-7-17(13)14/h1-10H. The van der Waals surface area contributed by atoms with Gasteiger partial charge in [0, 0.05) is 12.4 Å². The number of rotatable bonds is 0. The van der Waals surface area contributed by atoms with Crippen LogP contribution in [0.15, 0.2) is 53.1 Å². The number of para-hydroxylation sites is 1. The zero-order valence-corrected chi connectivity index (χ0v) is 10.4. The second kappa shape index (κ2) is 3.68. The first-order valence-corrected chi connectivity index (χ1v) is 6.69. The molecule has 0 unspecified atom stereocenters. The van der Waals surface area contributed by atoms with Gasteiger partial charge in [0.1, 0.15) is 0 Å². The molecule has 0 spiro atoms. The first-order chi connectivity index (χ1) is 8.93. The number of anilines is 1. The highest BCUT2D eigenvalue weighted by atomic mass is 32.1. The predicted octanol–water partition coefficient (Wildman–Crippen LogP) is 2.06. The summed E-state index contributed by atoms with van der Waals surface area (Å²) in [5, 5.41) is 3.40. The fourth-order valence-electron chi connectivity index (χ4n) is 2.38. The molecule has 2 nitrogen and oxygen atoms in total. The van der Waals surface area contributed by atoms with Crippen LogP contribution < -0.4 is 14.7 Å². The largest absolute Gasteiger partial charge is 0.312 e. The molecule has 2 aromatic rings. The normalized spacial score (nSPS) is 15.6. The van der Waals surface area contributed by atoms with Gasteiger partial charge in [0.15, 0.2) is 0 Å². The predicted molar refractivity (Wildman–Crippen MR) is 77.1 cm³/mol. The Hall–Kier alpha value is -2.13. The van der Waals surface area contributed by atoms with E-state index in [0.29, 0.717) is 0 Å². The van der Waals surface area contributed by atoms with Gasteiger partial charge in [-0.15, -0.1) is 11.3 Å². The van der Waals surface area contributed by atoms with E-state index in [2.05, 4.69) is 51.7 Å². The van der Waals surface area contributed by atoms with Crippen LogP contribution in [0.1, 0.15) is 5.56 Å². The zero-order valence-electron chi connectivity index (χ0n) is 9.58. The Morgan fingerprint density at radius 3 is 3.06 bits per heavy atom. The highest BCUT2D eigenvalue weighted by Crippen LogP contribution is 2.27. The molecule has 1 aromatic carbocycles. The van der Waals surface area contributed by atoms with E-state index in [4.69, 9.17) is 0 Å². The van der Waals surface area contributed by atoms with Crippen LogP contribution in [0.25, 0.3) is 11.8 Å². The van der Waals surface area contributed by atoms with E-state index >= 15 is 0 Å². The molecule has 0 radical (unpaired) electrons. The van der Waals surface area contributed by atoms with Gasteiger partial charge in [-0.1, -0.05) is 18.2 Å². The third kappa shape index (κ3) is 1.31. The minimum absolute atomic E-state index is 1.16. The van der Waals surface area contributed by atoms with Crippen molar-refractivity contribution < 1.29 is 0 Å². The summed E-state index contributed by atoms with van der Waals surface area (Å²) in [5.41, 5.74) is 3.61. The van der Waals surface area contributed by atoms with Crippen molar-refractivity contribution >= 4 is 35.0 Å². The molecule has 0 saturated carbocycles. The van der Waals surface area contributed by atoms with E-state index in [0.717, 1.165) is 5.70 Å². The van der Waals surface area contributed by atoms with Gasteiger partial charge in [0.2, 0.25) is 0 Å². The van der Waals surface area contributed by atoms with Gasteiger partial charge in [0.25, 0.3) is 0 Å². The Balaban J connectivity index is 2.18. The van der Waals surface area contributed by atoms with Crippen molar-refractivity contribution in [3.63, 3.8) is 0 Å². The first-order valence-electron chi connectivity index (χ1n) is 5.81. The number of hydrogen-bond acceptors (Lipinski definition) is 3. The van der Waals surface area contributed by atoms with Gasteiger partial charge in [0.05, 0.1) is 22.1 Å². The van der Waals surface area contributed by atoms with Crippen molar-refractivity contribution in [3.8, 4) is 0 Å². The zero-order chi connectivity index (χ0) is 11.9. The van der Waals surface area contributed by atoms with Crippen molar-refractivity contribution in [2.24, 2.45) is 4.99 Å². The molecule has 18 heavy (non-hydrogen) atoms. The molecule has 2 aliphatic heterocycles. The number of aliphatic imine (C=N–C) groups is 1. The number of benzene rings is 1. The van der Waals surface area contributed by atoms with E-state index in [1.54, 1.807) is 11.3 Å². The molecule has 0 aliphatic carbocycles. The van der Waals surface area contributed by atoms with E-state index in [1.807, 2.05) is 18.6 Å². The van der Waals surface area contributed by atoms with Gasteiger partial charge in [-0.2, -0.15) is 0 Å². The minimum Gasteiger partial charge on any atom is -0.312 e. The number of hydrogen-bond donors (Lipinski definition) is 0. The third-order valence-corrected chi connectivity index (χ3v) is 4.15. The maximum absolute atomic E-state index is 4.26. The highest BCUT2D eigenvalue weighted by Gasteiger charge is 2.17. The molecule has 1 aromatic heterocycles. The lowest BCUT2D eigenvalue weighted by Gasteiger charge is -2.23. The molecule has 3 heteroatoms. The summed E-state index contributed by atoms with van der Waals surface area (Å²) in [5.74, 6) is 0. The quantitative estimate of drug-likeness (QED) is 0.699. The second-order valence-electron chi connectivity index (χ2n) is 4.24. The van der Waals surface area contributed by atoms with Gasteiger partial charge < -0.3 is 4.90 Å². The topological polar surface area (TPSA) is 15.6 Å². The average molecular weight is 250 g/mol. The van der Waals surface area contributed by atoms with Gasteiger partial charge >= 0.3 is 0 Å². The molecule has 0 atom stereocenters. The van der Waals surface area contributed by atoms with Gasteiger partial charge in [-0.25, -0.2) is 0 Å². The second-order valence-corrected chi connectivity index (χ2v) is 5.16. The molecule has 4 rings (SSSR count). The maximum Gasteiger partial charge on any atom is 0.0819 e. The Labute approximate surface area is 109 Å². The lowest BCUT2D eigenvalue weighted by atomic mass is 10.1. The first kappa shape index (κ1) is 9.85. The maximum atomic E-state index is 4.26. The lowest BCUT2D eigenvalue weighted by molar-refractivity contribution is 1.28. The summed E-state index contributed by atoms with van der Waals surface area (Å²) >= 11 is 1.76. The smallest absolute Gasteiger partial charge is 0.0819 e. The van der Waals surface area contributed by atoms with Crippen LogP contribution in [0.3, 0.4) is 0 Å². The molecular formula is C15H10N2S. The molecule has 3 heterocycles. The summed E-state index contributed by atoms with van der Waals surface area (Å²) in [6, 6.07) is 10.6. The molecule has 0 saturated heterocycles. The SMILES string of the molecule is C1=CN2C(=c3sccc3=Cc3ccccc32)C=N1. The Morgan fingerprint density at radius 1 is 1.11 bits per heavy atom. The van der Waals surface area contributed by atoms with Crippen molar-refractivity contribution in [2.75, 3.05) is 4.90 Å². The summed E-state index contributed by atoms with van der Waals surface area (Å²) in [6.45, 7) is 0. The van der Waals surface area contributed by atoms with E-state index < -0.39 is 0 Å². The molecule has 2 aliphatic rings. The average Bonchev–Trinajstić information content (AvgIpc) is 2.83. The van der Waals surface area contributed by atoms with Crippen LogP contribution in [-0.2, 0) is 0 Å². The molecule has 0 N–H and O–H groups in total.